The molecule has 2 N–H and O–H groups in total. The summed E-state index contributed by atoms with van der Waals surface area (Å²) in [6, 6.07) is 8.22. The maximum atomic E-state index is 5.69. The Kier molecular flexibility index (Phi) is 2.64. The van der Waals surface area contributed by atoms with Gasteiger partial charge in [0, 0.05) is 12.6 Å². The molecule has 0 unspecified atom stereocenters. The first-order valence-electron chi connectivity index (χ1n) is 5.35. The number of hydrogen-bond donors (Lipinski definition) is 1. The summed E-state index contributed by atoms with van der Waals surface area (Å²) in [5.74, 6) is 1.71. The molecule has 2 rings (SSSR count). The second-order valence-electron chi connectivity index (χ2n) is 4.18. The van der Waals surface area contributed by atoms with Crippen LogP contribution in [0.5, 0.6) is 0 Å². The van der Waals surface area contributed by atoms with E-state index in [1.807, 2.05) is 19.2 Å². The molecular formula is C12H16N4. The van der Waals surface area contributed by atoms with Gasteiger partial charge in [-0.25, -0.2) is 0 Å². The first-order chi connectivity index (χ1) is 7.61. The zero-order valence-electron chi connectivity index (χ0n) is 9.81. The van der Waals surface area contributed by atoms with Gasteiger partial charge in [0.05, 0.1) is 0 Å². The first-order valence-corrected chi connectivity index (χ1v) is 5.35. The molecule has 0 spiro atoms. The van der Waals surface area contributed by atoms with Crippen LogP contribution in [0.1, 0.15) is 25.3 Å². The third kappa shape index (κ3) is 1.66. The van der Waals surface area contributed by atoms with Crippen LogP contribution < -0.4 is 5.73 Å². The minimum absolute atomic E-state index is 0.438. The monoisotopic (exact) mass is 216 g/mol. The number of aromatic nitrogens is 3. The number of anilines is 1. The van der Waals surface area contributed by atoms with Crippen molar-refractivity contribution < 1.29 is 0 Å². The molecule has 0 radical (unpaired) electrons. The fraction of sp³-hybridized carbons (Fsp3) is 0.333. The van der Waals surface area contributed by atoms with E-state index in [2.05, 4.69) is 36.2 Å². The third-order valence-corrected chi connectivity index (χ3v) is 2.73. The predicted octanol–water partition coefficient (Wildman–Crippen LogP) is 2.19. The second kappa shape index (κ2) is 3.96. The van der Waals surface area contributed by atoms with E-state index in [9.17, 15) is 0 Å². The van der Waals surface area contributed by atoms with Gasteiger partial charge in [0.1, 0.15) is 0 Å². The van der Waals surface area contributed by atoms with Crippen LogP contribution in [0.25, 0.3) is 11.4 Å². The number of benzene rings is 1. The van der Waals surface area contributed by atoms with E-state index in [1.165, 1.54) is 5.56 Å². The Morgan fingerprint density at radius 3 is 2.44 bits per heavy atom. The standard InChI is InChI=1S/C12H16N4/c1-8(2)9-6-4-5-7-10(9)11-14-15-12(13)16(11)3/h4-8H,1-3H3,(H2,13,15). The minimum atomic E-state index is 0.438. The number of hydrogen-bond acceptors (Lipinski definition) is 3. The Labute approximate surface area is 95.1 Å². The number of rotatable bonds is 2. The lowest BCUT2D eigenvalue weighted by atomic mass is 9.97. The quantitative estimate of drug-likeness (QED) is 0.837. The van der Waals surface area contributed by atoms with Gasteiger partial charge < -0.3 is 5.73 Å². The summed E-state index contributed by atoms with van der Waals surface area (Å²) in [4.78, 5) is 0. The maximum Gasteiger partial charge on any atom is 0.222 e. The number of nitrogens with zero attached hydrogens (tertiary/aromatic N) is 3. The highest BCUT2D eigenvalue weighted by Crippen LogP contribution is 2.27. The third-order valence-electron chi connectivity index (χ3n) is 2.73. The van der Waals surface area contributed by atoms with E-state index in [-0.39, 0.29) is 0 Å². The topological polar surface area (TPSA) is 56.7 Å². The normalized spacial score (nSPS) is 11.0. The Bertz CT molecular complexity index is 499. The van der Waals surface area contributed by atoms with Crippen molar-refractivity contribution in [1.29, 1.82) is 0 Å². The molecule has 1 aromatic heterocycles. The molecule has 0 bridgehead atoms. The smallest absolute Gasteiger partial charge is 0.222 e. The van der Waals surface area contributed by atoms with Crippen LogP contribution >= 0.6 is 0 Å². The molecule has 0 aliphatic heterocycles. The van der Waals surface area contributed by atoms with Crippen LogP contribution in [0, 0.1) is 0 Å². The van der Waals surface area contributed by atoms with Crippen molar-refractivity contribution in [1.82, 2.24) is 14.8 Å². The van der Waals surface area contributed by atoms with Gasteiger partial charge in [0.25, 0.3) is 0 Å². The lowest BCUT2D eigenvalue weighted by Gasteiger charge is -2.11. The maximum absolute atomic E-state index is 5.69. The van der Waals surface area contributed by atoms with Gasteiger partial charge in [0.15, 0.2) is 5.82 Å². The first kappa shape index (κ1) is 10.7. The Morgan fingerprint density at radius 2 is 1.88 bits per heavy atom. The molecule has 0 saturated carbocycles. The Balaban J connectivity index is 2.60. The highest BCUT2D eigenvalue weighted by atomic mass is 15.3. The molecule has 1 heterocycles. The molecule has 0 saturated heterocycles. The molecule has 0 amide bonds. The lowest BCUT2D eigenvalue weighted by Crippen LogP contribution is -2.01. The molecule has 4 nitrogen and oxygen atoms in total. The molecule has 0 aliphatic carbocycles. The molecule has 2 aromatic rings. The Morgan fingerprint density at radius 1 is 1.19 bits per heavy atom. The van der Waals surface area contributed by atoms with Crippen molar-refractivity contribution >= 4 is 5.95 Å². The van der Waals surface area contributed by atoms with Crippen LogP contribution in [0.15, 0.2) is 24.3 Å². The van der Waals surface area contributed by atoms with Gasteiger partial charge in [0.2, 0.25) is 5.95 Å². The van der Waals surface area contributed by atoms with Crippen LogP contribution in [0.4, 0.5) is 5.95 Å². The highest BCUT2D eigenvalue weighted by Gasteiger charge is 2.13. The number of nitrogens with two attached hydrogens (primary N) is 1. The average molecular weight is 216 g/mol. The van der Waals surface area contributed by atoms with E-state index < -0.39 is 0 Å². The van der Waals surface area contributed by atoms with E-state index in [0.717, 1.165) is 11.4 Å². The van der Waals surface area contributed by atoms with E-state index >= 15 is 0 Å². The summed E-state index contributed by atoms with van der Waals surface area (Å²) < 4.78 is 1.81. The van der Waals surface area contributed by atoms with Gasteiger partial charge in [-0.2, -0.15) is 0 Å². The molecular weight excluding hydrogens is 200 g/mol. The summed E-state index contributed by atoms with van der Waals surface area (Å²) >= 11 is 0. The van der Waals surface area contributed by atoms with Gasteiger partial charge >= 0.3 is 0 Å². The van der Waals surface area contributed by atoms with Crippen LogP contribution in [-0.2, 0) is 7.05 Å². The largest absolute Gasteiger partial charge is 0.368 e. The average Bonchev–Trinajstić information content (AvgIpc) is 2.60. The SMILES string of the molecule is CC(C)c1ccccc1-c1nnc(N)n1C. The molecule has 0 fully saturated rings. The summed E-state index contributed by atoms with van der Waals surface area (Å²) in [6.07, 6.45) is 0. The van der Waals surface area contributed by atoms with Crippen LogP contribution in [0.3, 0.4) is 0 Å². The van der Waals surface area contributed by atoms with Crippen LogP contribution in [-0.4, -0.2) is 14.8 Å². The Hall–Kier alpha value is -1.84. The summed E-state index contributed by atoms with van der Waals surface area (Å²) in [6.45, 7) is 4.33. The fourth-order valence-corrected chi connectivity index (χ4v) is 1.78. The van der Waals surface area contributed by atoms with E-state index in [1.54, 1.807) is 4.57 Å². The van der Waals surface area contributed by atoms with Crippen molar-refractivity contribution in [2.24, 2.45) is 7.05 Å². The van der Waals surface area contributed by atoms with Gasteiger partial charge in [-0.15, -0.1) is 10.2 Å². The van der Waals surface area contributed by atoms with Gasteiger partial charge in [-0.1, -0.05) is 38.1 Å². The summed E-state index contributed by atoms with van der Waals surface area (Å²) in [7, 11) is 1.88. The van der Waals surface area contributed by atoms with Crippen molar-refractivity contribution in [2.45, 2.75) is 19.8 Å². The molecule has 84 valence electrons. The fourth-order valence-electron chi connectivity index (χ4n) is 1.78. The van der Waals surface area contributed by atoms with Gasteiger partial charge in [-0.3, -0.25) is 4.57 Å². The second-order valence-corrected chi connectivity index (χ2v) is 4.18. The zero-order valence-corrected chi connectivity index (χ0v) is 9.81. The molecule has 16 heavy (non-hydrogen) atoms. The molecule has 0 atom stereocenters. The zero-order chi connectivity index (χ0) is 11.7. The summed E-state index contributed by atoms with van der Waals surface area (Å²) in [5, 5.41) is 8.00. The van der Waals surface area contributed by atoms with Crippen molar-refractivity contribution in [2.75, 3.05) is 5.73 Å². The minimum Gasteiger partial charge on any atom is -0.368 e. The molecule has 4 heteroatoms. The van der Waals surface area contributed by atoms with E-state index in [0.29, 0.717) is 11.9 Å². The predicted molar refractivity (Wildman–Crippen MR) is 64.9 cm³/mol. The van der Waals surface area contributed by atoms with Crippen LogP contribution in [0.2, 0.25) is 0 Å². The van der Waals surface area contributed by atoms with E-state index in [4.69, 9.17) is 5.73 Å². The molecule has 1 aromatic carbocycles. The summed E-state index contributed by atoms with van der Waals surface area (Å²) in [5.41, 5.74) is 8.06. The van der Waals surface area contributed by atoms with Crippen molar-refractivity contribution in [3.8, 4) is 11.4 Å². The molecule has 0 aliphatic rings. The van der Waals surface area contributed by atoms with Crippen molar-refractivity contribution in [3.63, 3.8) is 0 Å². The highest BCUT2D eigenvalue weighted by molar-refractivity contribution is 5.62. The number of nitrogen functional groups attached to an aromatic ring is 1. The lowest BCUT2D eigenvalue weighted by molar-refractivity contribution is 0.859. The van der Waals surface area contributed by atoms with Gasteiger partial charge in [-0.05, 0) is 11.5 Å². The van der Waals surface area contributed by atoms with Crippen molar-refractivity contribution in [3.05, 3.63) is 29.8 Å².